The minimum Gasteiger partial charge on any atom is -0.455 e. The zero-order valence-corrected chi connectivity index (χ0v) is 16.7. The van der Waals surface area contributed by atoms with E-state index in [-0.39, 0.29) is 17.0 Å². The largest absolute Gasteiger partial charge is 0.455 e. The minimum atomic E-state index is -0.749. The van der Waals surface area contributed by atoms with Crippen molar-refractivity contribution in [3.05, 3.63) is 76.3 Å². The average Bonchev–Trinajstić information content (AvgIpc) is 2.98. The van der Waals surface area contributed by atoms with Gasteiger partial charge in [-0.2, -0.15) is 5.10 Å². The Morgan fingerprint density at radius 1 is 1.14 bits per heavy atom. The van der Waals surface area contributed by atoms with Crippen LogP contribution in [-0.4, -0.2) is 28.3 Å². The van der Waals surface area contributed by atoms with Crippen molar-refractivity contribution in [2.75, 3.05) is 11.9 Å². The first-order chi connectivity index (χ1) is 13.9. The van der Waals surface area contributed by atoms with E-state index in [9.17, 15) is 14.0 Å². The lowest BCUT2D eigenvalue weighted by molar-refractivity contribution is -0.146. The lowest BCUT2D eigenvalue weighted by atomic mass is 10.1. The molecule has 0 saturated heterocycles. The van der Waals surface area contributed by atoms with E-state index in [2.05, 4.69) is 10.4 Å². The third-order valence-electron chi connectivity index (χ3n) is 4.30. The number of nitrogens with zero attached hydrogens (tertiary/aromatic N) is 2. The molecule has 0 saturated carbocycles. The van der Waals surface area contributed by atoms with Crippen LogP contribution < -0.4 is 5.32 Å². The molecule has 1 amide bonds. The maximum absolute atomic E-state index is 13.7. The van der Waals surface area contributed by atoms with Crippen LogP contribution in [0.15, 0.2) is 48.5 Å². The molecule has 1 N–H and O–H groups in total. The molecule has 3 rings (SSSR count). The molecule has 150 valence electrons. The fraction of sp³-hybridized carbons (Fsp3) is 0.190. The topological polar surface area (TPSA) is 73.2 Å². The molecule has 3 aromatic rings. The molecule has 0 aliphatic heterocycles. The summed E-state index contributed by atoms with van der Waals surface area (Å²) in [5.74, 6) is -1.86. The quantitative estimate of drug-likeness (QED) is 0.617. The van der Waals surface area contributed by atoms with Crippen LogP contribution in [0.5, 0.6) is 0 Å². The molecule has 0 aliphatic rings. The normalized spacial score (nSPS) is 10.6. The Morgan fingerprint density at radius 2 is 1.86 bits per heavy atom. The summed E-state index contributed by atoms with van der Waals surface area (Å²) in [6.07, 6.45) is -0.358. The van der Waals surface area contributed by atoms with E-state index in [0.717, 1.165) is 11.4 Å². The number of esters is 1. The summed E-state index contributed by atoms with van der Waals surface area (Å²) in [6.45, 7) is 3.10. The van der Waals surface area contributed by atoms with Crippen LogP contribution in [0.25, 0.3) is 5.69 Å². The summed E-state index contributed by atoms with van der Waals surface area (Å²) < 4.78 is 20.4. The third kappa shape index (κ3) is 4.81. The number of carbonyl (C=O) groups excluding carboxylic acids is 2. The van der Waals surface area contributed by atoms with Gasteiger partial charge in [-0.05, 0) is 38.1 Å². The highest BCUT2D eigenvalue weighted by Gasteiger charge is 2.17. The van der Waals surface area contributed by atoms with Crippen molar-refractivity contribution >= 4 is 29.2 Å². The monoisotopic (exact) mass is 415 g/mol. The molecule has 2 aromatic carbocycles. The van der Waals surface area contributed by atoms with Crippen molar-refractivity contribution in [1.29, 1.82) is 0 Å². The highest BCUT2D eigenvalue weighted by atomic mass is 35.5. The van der Waals surface area contributed by atoms with Crippen molar-refractivity contribution in [1.82, 2.24) is 9.78 Å². The summed E-state index contributed by atoms with van der Waals surface area (Å²) in [7, 11) is 0. The van der Waals surface area contributed by atoms with Gasteiger partial charge in [0, 0.05) is 10.6 Å². The Kier molecular flexibility index (Phi) is 6.29. The number of anilines is 1. The second kappa shape index (κ2) is 8.87. The molecule has 0 atom stereocenters. The summed E-state index contributed by atoms with van der Waals surface area (Å²) in [4.78, 5) is 24.2. The van der Waals surface area contributed by atoms with E-state index in [0.29, 0.717) is 11.4 Å². The maximum Gasteiger partial charge on any atom is 0.310 e. The predicted molar refractivity (Wildman–Crippen MR) is 108 cm³/mol. The van der Waals surface area contributed by atoms with Crippen molar-refractivity contribution in [2.24, 2.45) is 0 Å². The molecule has 1 heterocycles. The lowest BCUT2D eigenvalue weighted by Gasteiger charge is -2.09. The van der Waals surface area contributed by atoms with E-state index in [4.69, 9.17) is 16.3 Å². The Hall–Kier alpha value is -3.19. The van der Waals surface area contributed by atoms with Crippen LogP contribution in [-0.2, 0) is 20.7 Å². The number of nitrogens with one attached hydrogen (secondary N) is 1. The van der Waals surface area contributed by atoms with Gasteiger partial charge in [0.15, 0.2) is 6.61 Å². The Bertz CT molecular complexity index is 1030. The number of ether oxygens (including phenoxy) is 1. The van der Waals surface area contributed by atoms with E-state index < -0.39 is 24.3 Å². The number of hydrogen-bond acceptors (Lipinski definition) is 4. The van der Waals surface area contributed by atoms with Gasteiger partial charge in [0.05, 0.1) is 29.2 Å². The van der Waals surface area contributed by atoms with Gasteiger partial charge in [-0.25, -0.2) is 9.07 Å². The number of carbonyl (C=O) groups is 2. The van der Waals surface area contributed by atoms with Crippen molar-refractivity contribution < 1.29 is 18.7 Å². The molecule has 0 spiro atoms. The molecular weight excluding hydrogens is 397 g/mol. The number of hydrogen-bond donors (Lipinski definition) is 1. The molecule has 29 heavy (non-hydrogen) atoms. The summed E-state index contributed by atoms with van der Waals surface area (Å²) >= 11 is 5.89. The molecule has 0 unspecified atom stereocenters. The predicted octanol–water partition coefficient (Wildman–Crippen LogP) is 4.01. The summed E-state index contributed by atoms with van der Waals surface area (Å²) in [6, 6.07) is 13.6. The van der Waals surface area contributed by atoms with Gasteiger partial charge in [0.1, 0.15) is 5.82 Å². The van der Waals surface area contributed by atoms with Crippen LogP contribution in [0.4, 0.5) is 10.1 Å². The number of amides is 1. The molecule has 0 aliphatic carbocycles. The van der Waals surface area contributed by atoms with Crippen LogP contribution in [0.1, 0.15) is 17.0 Å². The number of rotatable bonds is 6. The number of benzene rings is 2. The minimum absolute atomic E-state index is 0.0374. The van der Waals surface area contributed by atoms with Gasteiger partial charge >= 0.3 is 5.97 Å². The van der Waals surface area contributed by atoms with Gasteiger partial charge in [0.25, 0.3) is 5.91 Å². The Balaban J connectivity index is 1.61. The SMILES string of the molecule is Cc1nn(-c2ccccc2)c(C)c1NC(=O)COC(=O)Cc1c(F)cccc1Cl. The molecule has 6 nitrogen and oxygen atoms in total. The highest BCUT2D eigenvalue weighted by Crippen LogP contribution is 2.23. The third-order valence-corrected chi connectivity index (χ3v) is 4.66. The van der Waals surface area contributed by atoms with Crippen LogP contribution in [0.3, 0.4) is 0 Å². The molecule has 0 bridgehead atoms. The first-order valence-electron chi connectivity index (χ1n) is 8.87. The van der Waals surface area contributed by atoms with Crippen LogP contribution in [0, 0.1) is 19.7 Å². The second-order valence-electron chi connectivity index (χ2n) is 6.38. The van der Waals surface area contributed by atoms with Crippen LogP contribution in [0.2, 0.25) is 5.02 Å². The summed E-state index contributed by atoms with van der Waals surface area (Å²) in [5, 5.41) is 7.28. The maximum atomic E-state index is 13.7. The van der Waals surface area contributed by atoms with Gasteiger partial charge in [0.2, 0.25) is 0 Å². The molecule has 8 heteroatoms. The number of aromatic nitrogens is 2. The van der Waals surface area contributed by atoms with E-state index in [1.54, 1.807) is 11.6 Å². The first-order valence-corrected chi connectivity index (χ1v) is 9.24. The van der Waals surface area contributed by atoms with Gasteiger partial charge in [-0.3, -0.25) is 9.59 Å². The Morgan fingerprint density at radius 3 is 2.55 bits per heavy atom. The van der Waals surface area contributed by atoms with Crippen molar-refractivity contribution in [2.45, 2.75) is 20.3 Å². The second-order valence-corrected chi connectivity index (χ2v) is 6.79. The van der Waals surface area contributed by atoms with Gasteiger partial charge < -0.3 is 10.1 Å². The average molecular weight is 416 g/mol. The fourth-order valence-electron chi connectivity index (χ4n) is 2.86. The smallest absolute Gasteiger partial charge is 0.310 e. The molecular formula is C21H19ClFN3O3. The molecule has 1 aromatic heterocycles. The first kappa shape index (κ1) is 20.5. The van der Waals surface area contributed by atoms with Crippen molar-refractivity contribution in [3.8, 4) is 5.69 Å². The van der Waals surface area contributed by atoms with Gasteiger partial charge in [-0.15, -0.1) is 0 Å². The highest BCUT2D eigenvalue weighted by molar-refractivity contribution is 6.31. The van der Waals surface area contributed by atoms with E-state index in [1.807, 2.05) is 37.3 Å². The zero-order valence-electron chi connectivity index (χ0n) is 15.9. The Labute approximate surface area is 172 Å². The zero-order chi connectivity index (χ0) is 21.0. The van der Waals surface area contributed by atoms with Gasteiger partial charge in [-0.1, -0.05) is 35.9 Å². The van der Waals surface area contributed by atoms with E-state index >= 15 is 0 Å². The molecule has 0 radical (unpaired) electrons. The number of aryl methyl sites for hydroxylation is 1. The van der Waals surface area contributed by atoms with Crippen LogP contribution >= 0.6 is 11.6 Å². The fourth-order valence-corrected chi connectivity index (χ4v) is 3.09. The summed E-state index contributed by atoms with van der Waals surface area (Å²) in [5.41, 5.74) is 2.82. The van der Waals surface area contributed by atoms with Crippen molar-refractivity contribution in [3.63, 3.8) is 0 Å². The standard InChI is InChI=1S/C21H19ClFN3O3/c1-13-21(14(2)26(25-13)15-7-4-3-5-8-15)24-19(27)12-29-20(28)11-16-17(22)9-6-10-18(16)23/h3-10H,11-12H2,1-2H3,(H,24,27). The van der Waals surface area contributed by atoms with E-state index in [1.165, 1.54) is 18.2 Å². The number of para-hydroxylation sites is 1. The lowest BCUT2D eigenvalue weighted by Crippen LogP contribution is -2.22. The molecule has 0 fully saturated rings. The number of halogens is 2.